The largest absolute Gasteiger partial charge is 0.384 e. The van der Waals surface area contributed by atoms with E-state index in [4.69, 9.17) is 0 Å². The standard InChI is InChI=1S/C12H9BrFNO.C6H4BrNO.C2H6/c13-11-7-15-6-5-10(11)12(16)8-1-3-9(14)4-2-8;7-6-3-8-2-1-5(6)4-9;1-2/h1-7,12,16H;1-4H;1-2H3. The van der Waals surface area contributed by atoms with E-state index in [9.17, 15) is 14.3 Å². The summed E-state index contributed by atoms with van der Waals surface area (Å²) in [5.41, 5.74) is 1.99. The van der Waals surface area contributed by atoms with Crippen LogP contribution in [0.5, 0.6) is 0 Å². The predicted molar refractivity (Wildman–Crippen MR) is 111 cm³/mol. The number of rotatable bonds is 3. The lowest BCUT2D eigenvalue weighted by Crippen LogP contribution is -2.00. The summed E-state index contributed by atoms with van der Waals surface area (Å²) in [6.45, 7) is 4.00. The van der Waals surface area contributed by atoms with E-state index in [2.05, 4.69) is 41.8 Å². The lowest BCUT2D eigenvalue weighted by atomic mass is 10.0. The number of pyridine rings is 2. The molecule has 0 bridgehead atoms. The molecule has 0 fully saturated rings. The number of aromatic nitrogens is 2. The molecule has 2 aromatic heterocycles. The van der Waals surface area contributed by atoms with E-state index in [1.807, 2.05) is 13.8 Å². The van der Waals surface area contributed by atoms with Gasteiger partial charge in [-0.1, -0.05) is 26.0 Å². The molecule has 0 aliphatic heterocycles. The zero-order valence-corrected chi connectivity index (χ0v) is 18.0. The first-order valence-electron chi connectivity index (χ1n) is 8.10. The molecule has 0 saturated carbocycles. The number of carbonyl (C=O) groups excluding carboxylic acids is 1. The van der Waals surface area contributed by atoms with Gasteiger partial charge in [-0.05, 0) is 61.7 Å². The molecule has 3 aromatic rings. The fourth-order valence-corrected chi connectivity index (χ4v) is 2.72. The second-order valence-electron chi connectivity index (χ2n) is 4.87. The Morgan fingerprint density at radius 3 is 2.00 bits per heavy atom. The number of aldehydes is 1. The molecule has 0 radical (unpaired) electrons. The Bertz CT molecular complexity index is 845. The molecule has 1 atom stereocenters. The minimum atomic E-state index is -0.780. The Balaban J connectivity index is 0.000000282. The lowest BCUT2D eigenvalue weighted by Gasteiger charge is -2.12. The third-order valence-electron chi connectivity index (χ3n) is 3.21. The fraction of sp³-hybridized carbons (Fsp3) is 0.150. The second kappa shape index (κ2) is 12.4. The van der Waals surface area contributed by atoms with E-state index >= 15 is 0 Å². The first-order valence-corrected chi connectivity index (χ1v) is 9.69. The van der Waals surface area contributed by atoms with Crippen molar-refractivity contribution in [1.82, 2.24) is 9.97 Å². The molecule has 1 unspecified atom stereocenters. The van der Waals surface area contributed by atoms with E-state index in [0.717, 1.165) is 15.2 Å². The van der Waals surface area contributed by atoms with E-state index < -0.39 is 6.10 Å². The first-order chi connectivity index (χ1) is 13.0. The molecular formula is C20H19Br2FN2O2. The normalized spacial score (nSPS) is 10.6. The molecule has 1 N–H and O–H groups in total. The molecule has 0 aliphatic carbocycles. The maximum absolute atomic E-state index is 12.7. The smallest absolute Gasteiger partial charge is 0.151 e. The van der Waals surface area contributed by atoms with Crippen LogP contribution < -0.4 is 0 Å². The van der Waals surface area contributed by atoms with Gasteiger partial charge in [0.05, 0.1) is 0 Å². The summed E-state index contributed by atoms with van der Waals surface area (Å²) in [7, 11) is 0. The van der Waals surface area contributed by atoms with Crippen LogP contribution in [0, 0.1) is 5.82 Å². The number of nitrogens with zero attached hydrogens (tertiary/aromatic N) is 2. The van der Waals surface area contributed by atoms with Crippen LogP contribution in [-0.2, 0) is 0 Å². The van der Waals surface area contributed by atoms with Gasteiger partial charge in [-0.25, -0.2) is 4.39 Å². The van der Waals surface area contributed by atoms with Crippen LogP contribution in [0.1, 0.15) is 41.4 Å². The van der Waals surface area contributed by atoms with Crippen LogP contribution in [0.25, 0.3) is 0 Å². The molecule has 2 heterocycles. The SMILES string of the molecule is CC.O=Cc1ccncc1Br.OC(c1ccc(F)cc1)c1ccncc1Br. The topological polar surface area (TPSA) is 63.1 Å². The Morgan fingerprint density at radius 2 is 1.52 bits per heavy atom. The van der Waals surface area contributed by atoms with Crippen molar-refractivity contribution in [2.45, 2.75) is 20.0 Å². The molecular weight excluding hydrogens is 479 g/mol. The van der Waals surface area contributed by atoms with Gasteiger partial charge in [-0.3, -0.25) is 14.8 Å². The van der Waals surface area contributed by atoms with Crippen LogP contribution in [0.4, 0.5) is 4.39 Å². The molecule has 27 heavy (non-hydrogen) atoms. The maximum Gasteiger partial charge on any atom is 0.151 e. The van der Waals surface area contributed by atoms with Gasteiger partial charge in [0.15, 0.2) is 6.29 Å². The highest BCUT2D eigenvalue weighted by Gasteiger charge is 2.13. The molecule has 7 heteroatoms. The van der Waals surface area contributed by atoms with Crippen LogP contribution in [0.3, 0.4) is 0 Å². The van der Waals surface area contributed by atoms with Crippen LogP contribution in [0.15, 0.2) is 70.1 Å². The number of halogens is 3. The minimum absolute atomic E-state index is 0.315. The van der Waals surface area contributed by atoms with Gasteiger partial charge < -0.3 is 5.11 Å². The highest BCUT2D eigenvalue weighted by molar-refractivity contribution is 9.10. The second-order valence-corrected chi connectivity index (χ2v) is 6.57. The Labute approximate surface area is 174 Å². The molecule has 0 amide bonds. The number of hydrogen-bond donors (Lipinski definition) is 1. The molecule has 0 saturated heterocycles. The number of aliphatic hydroxyl groups excluding tert-OH is 1. The molecule has 1 aromatic carbocycles. The predicted octanol–water partition coefficient (Wildman–Crippen LogP) is 5.75. The number of benzene rings is 1. The van der Waals surface area contributed by atoms with Crippen molar-refractivity contribution >= 4 is 38.1 Å². The van der Waals surface area contributed by atoms with Crippen LogP contribution >= 0.6 is 31.9 Å². The maximum atomic E-state index is 12.7. The van der Waals surface area contributed by atoms with E-state index in [1.54, 1.807) is 49.1 Å². The van der Waals surface area contributed by atoms with Crippen molar-refractivity contribution in [3.63, 3.8) is 0 Å². The third-order valence-corrected chi connectivity index (χ3v) is 4.54. The van der Waals surface area contributed by atoms with Gasteiger partial charge in [0, 0.05) is 44.9 Å². The van der Waals surface area contributed by atoms with Gasteiger partial charge in [-0.15, -0.1) is 0 Å². The average molecular weight is 498 g/mol. The van der Waals surface area contributed by atoms with Crippen molar-refractivity contribution in [2.75, 3.05) is 0 Å². The minimum Gasteiger partial charge on any atom is -0.384 e. The monoisotopic (exact) mass is 496 g/mol. The molecule has 0 spiro atoms. The zero-order valence-electron chi connectivity index (χ0n) is 14.8. The number of hydrogen-bond acceptors (Lipinski definition) is 4. The van der Waals surface area contributed by atoms with E-state index in [0.29, 0.717) is 16.7 Å². The van der Waals surface area contributed by atoms with Gasteiger partial charge in [0.1, 0.15) is 11.9 Å². The Hall–Kier alpha value is -1.96. The fourth-order valence-electron chi connectivity index (χ4n) is 1.91. The van der Waals surface area contributed by atoms with Gasteiger partial charge >= 0.3 is 0 Å². The molecule has 0 aliphatic rings. The summed E-state index contributed by atoms with van der Waals surface area (Å²) < 4.78 is 14.2. The van der Waals surface area contributed by atoms with Crippen molar-refractivity contribution in [1.29, 1.82) is 0 Å². The van der Waals surface area contributed by atoms with Crippen LogP contribution in [-0.4, -0.2) is 21.4 Å². The number of aliphatic hydroxyl groups is 1. The highest BCUT2D eigenvalue weighted by atomic mass is 79.9. The summed E-state index contributed by atoms with van der Waals surface area (Å²) in [6.07, 6.45) is 6.39. The molecule has 4 nitrogen and oxygen atoms in total. The van der Waals surface area contributed by atoms with Gasteiger partial charge in [0.25, 0.3) is 0 Å². The summed E-state index contributed by atoms with van der Waals surface area (Å²) in [4.78, 5) is 17.9. The highest BCUT2D eigenvalue weighted by Crippen LogP contribution is 2.27. The molecule has 142 valence electrons. The molecule has 3 rings (SSSR count). The zero-order chi connectivity index (χ0) is 20.2. The summed E-state index contributed by atoms with van der Waals surface area (Å²) in [6, 6.07) is 9.15. The third kappa shape index (κ3) is 7.28. The Morgan fingerprint density at radius 1 is 0.963 bits per heavy atom. The lowest BCUT2D eigenvalue weighted by molar-refractivity contribution is 0.112. The quantitative estimate of drug-likeness (QED) is 0.468. The number of carbonyl (C=O) groups is 1. The van der Waals surface area contributed by atoms with Crippen molar-refractivity contribution < 1.29 is 14.3 Å². The van der Waals surface area contributed by atoms with Gasteiger partial charge in [-0.2, -0.15) is 0 Å². The van der Waals surface area contributed by atoms with E-state index in [-0.39, 0.29) is 5.82 Å². The Kier molecular flexibility index (Phi) is 10.6. The summed E-state index contributed by atoms with van der Waals surface area (Å²) >= 11 is 6.47. The first kappa shape index (κ1) is 23.1. The average Bonchev–Trinajstić information content (AvgIpc) is 2.71. The van der Waals surface area contributed by atoms with Crippen molar-refractivity contribution in [2.24, 2.45) is 0 Å². The van der Waals surface area contributed by atoms with Gasteiger partial charge in [0.2, 0.25) is 0 Å². The van der Waals surface area contributed by atoms with Crippen molar-refractivity contribution in [3.05, 3.63) is 92.6 Å². The van der Waals surface area contributed by atoms with Crippen molar-refractivity contribution in [3.8, 4) is 0 Å². The summed E-state index contributed by atoms with van der Waals surface area (Å²) in [5, 5.41) is 10.1. The van der Waals surface area contributed by atoms with Crippen LogP contribution in [0.2, 0.25) is 0 Å². The van der Waals surface area contributed by atoms with E-state index in [1.165, 1.54) is 12.1 Å². The summed E-state index contributed by atoms with van der Waals surface area (Å²) in [5.74, 6) is -0.315.